The van der Waals surface area contributed by atoms with Gasteiger partial charge in [-0.3, -0.25) is 0 Å². The molecule has 6 heteroatoms. The van der Waals surface area contributed by atoms with Crippen LogP contribution in [-0.2, 0) is 22.9 Å². The third kappa shape index (κ3) is 2.27. The quantitative estimate of drug-likeness (QED) is 0.774. The number of benzene rings is 1. The van der Waals surface area contributed by atoms with Gasteiger partial charge in [0, 0.05) is 29.1 Å². The number of hydrogen-bond donors (Lipinski definition) is 2. The predicted octanol–water partition coefficient (Wildman–Crippen LogP) is 2.98. The van der Waals surface area contributed by atoms with Crippen molar-refractivity contribution < 1.29 is 8.42 Å². The largest absolute Gasteiger partial charge is 0.358 e. The van der Waals surface area contributed by atoms with E-state index in [0.29, 0.717) is 10.6 Å². The lowest BCUT2D eigenvalue weighted by Gasteiger charge is -2.11. The van der Waals surface area contributed by atoms with Gasteiger partial charge in [0.05, 0.1) is 0 Å². The lowest BCUT2D eigenvalue weighted by atomic mass is 10.1. The summed E-state index contributed by atoms with van der Waals surface area (Å²) in [4.78, 5) is 3.42. The van der Waals surface area contributed by atoms with Gasteiger partial charge in [-0.25, -0.2) is 13.1 Å². The minimum atomic E-state index is -3.40. The van der Waals surface area contributed by atoms with Crippen molar-refractivity contribution in [2.45, 2.75) is 30.0 Å². The smallest absolute Gasteiger partial charge is 0.250 e. The Kier molecular flexibility index (Phi) is 3.14. The highest BCUT2D eigenvalue weighted by molar-refractivity contribution is 7.91. The van der Waals surface area contributed by atoms with E-state index in [1.165, 1.54) is 27.8 Å². The molecule has 0 saturated heterocycles. The molecule has 1 aromatic carbocycles. The normalized spacial score (nSPS) is 18.0. The van der Waals surface area contributed by atoms with Crippen LogP contribution in [0.3, 0.4) is 0 Å². The van der Waals surface area contributed by atoms with Crippen molar-refractivity contribution in [1.29, 1.82) is 0 Å². The number of fused-ring (bicyclic) bond motifs is 3. The third-order valence-corrected chi connectivity index (χ3v) is 7.05. The average Bonchev–Trinajstić information content (AvgIpc) is 3.14. The molecule has 4 rings (SSSR count). The van der Waals surface area contributed by atoms with Crippen LogP contribution < -0.4 is 4.72 Å². The van der Waals surface area contributed by atoms with Gasteiger partial charge in [-0.2, -0.15) is 0 Å². The molecule has 1 aliphatic carbocycles. The number of hydrogen-bond acceptors (Lipinski definition) is 3. The molecule has 0 spiro atoms. The maximum Gasteiger partial charge on any atom is 0.250 e. The van der Waals surface area contributed by atoms with E-state index in [0.717, 1.165) is 17.6 Å². The Morgan fingerprint density at radius 2 is 2.14 bits per heavy atom. The summed E-state index contributed by atoms with van der Waals surface area (Å²) in [5, 5.41) is 3.00. The van der Waals surface area contributed by atoms with Crippen molar-refractivity contribution in [1.82, 2.24) is 9.71 Å². The van der Waals surface area contributed by atoms with E-state index >= 15 is 0 Å². The monoisotopic (exact) mass is 332 g/mol. The van der Waals surface area contributed by atoms with Gasteiger partial charge in [0.25, 0.3) is 0 Å². The second-order valence-electron chi connectivity index (χ2n) is 5.79. The minimum Gasteiger partial charge on any atom is -0.358 e. The number of aryl methyl sites for hydroxylation is 1. The summed E-state index contributed by atoms with van der Waals surface area (Å²) in [5.41, 5.74) is 4.75. The number of rotatable bonds is 3. The van der Waals surface area contributed by atoms with Crippen LogP contribution in [-0.4, -0.2) is 19.4 Å². The van der Waals surface area contributed by atoms with Gasteiger partial charge in [-0.05, 0) is 42.5 Å². The summed E-state index contributed by atoms with van der Waals surface area (Å²) >= 11 is 1.25. The molecule has 2 N–H and O–H groups in total. The minimum absolute atomic E-state index is 0.0711. The van der Waals surface area contributed by atoms with E-state index in [1.807, 2.05) is 0 Å². The summed E-state index contributed by atoms with van der Waals surface area (Å²) in [7, 11) is -3.40. The van der Waals surface area contributed by atoms with E-state index in [9.17, 15) is 8.42 Å². The SMILES string of the molecule is Cc1ccc2[nH]c3c(c2c1)CC(NS(=O)(=O)c1cccs1)C3. The Bertz CT molecular complexity index is 940. The molecule has 0 bridgehead atoms. The lowest BCUT2D eigenvalue weighted by molar-refractivity contribution is 0.557. The van der Waals surface area contributed by atoms with Crippen LogP contribution in [0.2, 0.25) is 0 Å². The van der Waals surface area contributed by atoms with Crippen molar-refractivity contribution in [3.63, 3.8) is 0 Å². The van der Waals surface area contributed by atoms with Crippen LogP contribution in [0, 0.1) is 6.92 Å². The van der Waals surface area contributed by atoms with Crippen LogP contribution in [0.1, 0.15) is 16.8 Å². The summed E-state index contributed by atoms with van der Waals surface area (Å²) in [5.74, 6) is 0. The molecule has 2 aromatic heterocycles. The molecule has 0 fully saturated rings. The number of aromatic amines is 1. The molecule has 2 heterocycles. The first-order valence-corrected chi connectivity index (χ1v) is 9.55. The Hall–Kier alpha value is -1.63. The zero-order chi connectivity index (χ0) is 15.3. The van der Waals surface area contributed by atoms with Gasteiger partial charge in [0.1, 0.15) is 4.21 Å². The summed E-state index contributed by atoms with van der Waals surface area (Å²) in [6, 6.07) is 9.67. The van der Waals surface area contributed by atoms with Gasteiger partial charge >= 0.3 is 0 Å². The highest BCUT2D eigenvalue weighted by Crippen LogP contribution is 2.31. The molecule has 1 atom stereocenters. The van der Waals surface area contributed by atoms with E-state index in [1.54, 1.807) is 17.5 Å². The van der Waals surface area contributed by atoms with Gasteiger partial charge in [0.15, 0.2) is 0 Å². The fraction of sp³-hybridized carbons (Fsp3) is 0.250. The van der Waals surface area contributed by atoms with Crippen LogP contribution in [0.4, 0.5) is 0 Å². The van der Waals surface area contributed by atoms with Crippen molar-refractivity contribution in [2.75, 3.05) is 0 Å². The highest BCUT2D eigenvalue weighted by atomic mass is 32.2. The number of H-pyrrole nitrogens is 1. The molecule has 0 amide bonds. The van der Waals surface area contributed by atoms with E-state index in [4.69, 9.17) is 0 Å². The Morgan fingerprint density at radius 3 is 2.91 bits per heavy atom. The van der Waals surface area contributed by atoms with Crippen LogP contribution >= 0.6 is 11.3 Å². The first-order chi connectivity index (χ1) is 10.5. The molecule has 114 valence electrons. The van der Waals surface area contributed by atoms with Crippen molar-refractivity contribution >= 4 is 32.3 Å². The molecule has 3 aromatic rings. The molecular formula is C16H16N2O2S2. The molecular weight excluding hydrogens is 316 g/mol. The molecule has 0 aliphatic heterocycles. The van der Waals surface area contributed by atoms with E-state index in [2.05, 4.69) is 34.8 Å². The van der Waals surface area contributed by atoms with Crippen molar-refractivity contribution in [2.24, 2.45) is 0 Å². The van der Waals surface area contributed by atoms with Crippen LogP contribution in [0.5, 0.6) is 0 Å². The number of aromatic nitrogens is 1. The van der Waals surface area contributed by atoms with E-state index < -0.39 is 10.0 Å². The first kappa shape index (κ1) is 14.0. The second-order valence-corrected chi connectivity index (χ2v) is 8.68. The molecule has 1 unspecified atom stereocenters. The fourth-order valence-electron chi connectivity index (χ4n) is 3.17. The summed E-state index contributed by atoms with van der Waals surface area (Å²) in [6.45, 7) is 2.07. The predicted molar refractivity (Wildman–Crippen MR) is 88.9 cm³/mol. The maximum absolute atomic E-state index is 12.3. The molecule has 0 radical (unpaired) electrons. The van der Waals surface area contributed by atoms with Crippen LogP contribution in [0.25, 0.3) is 10.9 Å². The maximum atomic E-state index is 12.3. The second kappa shape index (κ2) is 4.94. The Morgan fingerprint density at radius 1 is 1.27 bits per heavy atom. The topological polar surface area (TPSA) is 62.0 Å². The van der Waals surface area contributed by atoms with E-state index in [-0.39, 0.29) is 6.04 Å². The summed E-state index contributed by atoms with van der Waals surface area (Å²) < 4.78 is 27.9. The average molecular weight is 332 g/mol. The van der Waals surface area contributed by atoms with Gasteiger partial charge < -0.3 is 4.98 Å². The van der Waals surface area contributed by atoms with Crippen LogP contribution in [0.15, 0.2) is 39.9 Å². The van der Waals surface area contributed by atoms with Gasteiger partial charge in [0.2, 0.25) is 10.0 Å². The first-order valence-electron chi connectivity index (χ1n) is 7.19. The molecule has 22 heavy (non-hydrogen) atoms. The third-order valence-electron chi connectivity index (χ3n) is 4.13. The molecule has 1 aliphatic rings. The molecule has 4 nitrogen and oxygen atoms in total. The number of sulfonamides is 1. The lowest BCUT2D eigenvalue weighted by Crippen LogP contribution is -2.35. The standard InChI is InChI=1S/C16H16N2O2S2/c1-10-4-5-14-12(7-10)13-8-11(9-15(13)17-14)18-22(19,20)16-3-2-6-21-16/h2-7,11,17-18H,8-9H2,1H3. The van der Waals surface area contributed by atoms with Gasteiger partial charge in [-0.15, -0.1) is 11.3 Å². The van der Waals surface area contributed by atoms with Gasteiger partial charge in [-0.1, -0.05) is 17.7 Å². The highest BCUT2D eigenvalue weighted by Gasteiger charge is 2.29. The number of nitrogens with one attached hydrogen (secondary N) is 2. The zero-order valence-corrected chi connectivity index (χ0v) is 13.7. The Balaban J connectivity index is 1.61. The summed E-state index contributed by atoms with van der Waals surface area (Å²) in [6.07, 6.45) is 1.46. The molecule has 0 saturated carbocycles. The van der Waals surface area contributed by atoms with Crippen molar-refractivity contribution in [3.8, 4) is 0 Å². The fourth-order valence-corrected chi connectivity index (χ4v) is 5.41. The number of thiophene rings is 1. The Labute approximate surface area is 133 Å². The van der Waals surface area contributed by atoms with Crippen molar-refractivity contribution in [3.05, 3.63) is 52.5 Å². The zero-order valence-electron chi connectivity index (χ0n) is 12.1.